The molecule has 1 aromatic rings. The van der Waals surface area contributed by atoms with Gasteiger partial charge in [0.25, 0.3) is 5.91 Å². The Morgan fingerprint density at radius 3 is 2.70 bits per heavy atom. The van der Waals surface area contributed by atoms with Crippen LogP contribution in [0.2, 0.25) is 0 Å². The van der Waals surface area contributed by atoms with Crippen molar-refractivity contribution in [1.29, 1.82) is 0 Å². The zero-order valence-corrected chi connectivity index (χ0v) is 11.0. The van der Waals surface area contributed by atoms with E-state index in [1.54, 1.807) is 0 Å². The van der Waals surface area contributed by atoms with Gasteiger partial charge < -0.3 is 10.1 Å². The summed E-state index contributed by atoms with van der Waals surface area (Å²) in [6.45, 7) is 0.380. The molecule has 0 aromatic heterocycles. The van der Waals surface area contributed by atoms with E-state index < -0.39 is 33.7 Å². The first-order valence-electron chi connectivity index (χ1n) is 5.53. The molecule has 0 saturated carbocycles. The van der Waals surface area contributed by atoms with Crippen LogP contribution in [0, 0.1) is 21.7 Å². The largest absolute Gasteiger partial charge is 0.378 e. The van der Waals surface area contributed by atoms with Crippen LogP contribution >= 0.6 is 11.6 Å². The highest BCUT2D eigenvalue weighted by molar-refractivity contribution is 6.17. The van der Waals surface area contributed by atoms with Crippen molar-refractivity contribution in [3.05, 3.63) is 39.4 Å². The maximum absolute atomic E-state index is 13.7. The number of alkyl halides is 1. The van der Waals surface area contributed by atoms with Crippen LogP contribution in [0.1, 0.15) is 10.4 Å². The van der Waals surface area contributed by atoms with Crippen molar-refractivity contribution in [2.24, 2.45) is 0 Å². The molecule has 20 heavy (non-hydrogen) atoms. The molecule has 0 unspecified atom stereocenters. The molecule has 0 aliphatic heterocycles. The monoisotopic (exact) mass is 308 g/mol. The first-order valence-corrected chi connectivity index (χ1v) is 6.06. The quantitative estimate of drug-likeness (QED) is 0.361. The summed E-state index contributed by atoms with van der Waals surface area (Å²) < 4.78 is 32.0. The lowest BCUT2D eigenvalue weighted by Crippen LogP contribution is -2.29. The van der Waals surface area contributed by atoms with Crippen molar-refractivity contribution in [1.82, 2.24) is 5.32 Å². The van der Waals surface area contributed by atoms with E-state index in [2.05, 4.69) is 5.32 Å². The normalized spacial score (nSPS) is 10.3. The molecule has 0 aliphatic carbocycles. The summed E-state index contributed by atoms with van der Waals surface area (Å²) in [5.41, 5.74) is -1.95. The molecule has 0 aliphatic rings. The minimum Gasteiger partial charge on any atom is -0.378 e. The van der Waals surface area contributed by atoms with Gasteiger partial charge in [0.15, 0.2) is 0 Å². The van der Waals surface area contributed by atoms with Crippen LogP contribution in [0.4, 0.5) is 14.5 Å². The number of nitro benzene ring substituents is 1. The number of hydrogen-bond donors (Lipinski definition) is 1. The fourth-order valence-electron chi connectivity index (χ4n) is 1.37. The van der Waals surface area contributed by atoms with Crippen LogP contribution in [0.25, 0.3) is 0 Å². The first kappa shape index (κ1) is 16.3. The predicted octanol–water partition coefficient (Wildman–Crippen LogP) is 1.86. The second kappa shape index (κ2) is 7.71. The lowest BCUT2D eigenvalue weighted by Gasteiger charge is -2.07. The number of nitrogens with one attached hydrogen (secondary N) is 1. The van der Waals surface area contributed by atoms with Crippen molar-refractivity contribution < 1.29 is 23.2 Å². The highest BCUT2D eigenvalue weighted by atomic mass is 35.5. The summed E-state index contributed by atoms with van der Waals surface area (Å²) in [6.07, 6.45) is 0. The van der Waals surface area contributed by atoms with Gasteiger partial charge in [0.05, 0.1) is 18.1 Å². The lowest BCUT2D eigenvalue weighted by molar-refractivity contribution is -0.387. The van der Waals surface area contributed by atoms with Crippen molar-refractivity contribution >= 4 is 23.2 Å². The molecule has 1 N–H and O–H groups in total. The zero-order valence-electron chi connectivity index (χ0n) is 10.2. The smallest absolute Gasteiger partial charge is 0.305 e. The Balaban J connectivity index is 2.77. The second-order valence-electron chi connectivity index (χ2n) is 3.57. The minimum absolute atomic E-state index is 0.00268. The third kappa shape index (κ3) is 4.10. The number of nitrogens with zero attached hydrogens (tertiary/aromatic N) is 1. The molecule has 0 fully saturated rings. The van der Waals surface area contributed by atoms with Crippen LogP contribution < -0.4 is 5.32 Å². The van der Waals surface area contributed by atoms with Gasteiger partial charge in [-0.2, -0.15) is 4.39 Å². The number of nitro groups is 1. The number of carbonyl (C=O) groups excluding carboxylic acids is 1. The standard InChI is InChI=1S/C11H11ClF2N2O4/c12-3-5-20-6-4-15-11(17)9-7(13)1-2-8(10(9)14)16(18)19/h1-2H,3-6H2,(H,15,17). The van der Waals surface area contributed by atoms with E-state index in [-0.39, 0.29) is 25.6 Å². The number of benzene rings is 1. The highest BCUT2D eigenvalue weighted by Gasteiger charge is 2.25. The van der Waals surface area contributed by atoms with E-state index in [9.17, 15) is 23.7 Å². The molecule has 1 rings (SSSR count). The number of halogens is 3. The number of rotatable bonds is 7. The summed E-state index contributed by atoms with van der Waals surface area (Å²) in [7, 11) is 0. The van der Waals surface area contributed by atoms with E-state index in [4.69, 9.17) is 16.3 Å². The van der Waals surface area contributed by atoms with Crippen LogP contribution in [0.5, 0.6) is 0 Å². The molecule has 1 amide bonds. The third-order valence-electron chi connectivity index (χ3n) is 2.25. The average molecular weight is 309 g/mol. The molecule has 6 nitrogen and oxygen atoms in total. The van der Waals surface area contributed by atoms with Gasteiger partial charge in [-0.15, -0.1) is 11.6 Å². The highest BCUT2D eigenvalue weighted by Crippen LogP contribution is 2.22. The van der Waals surface area contributed by atoms with Crippen LogP contribution in [-0.2, 0) is 4.74 Å². The van der Waals surface area contributed by atoms with Crippen LogP contribution in [0.3, 0.4) is 0 Å². The fourth-order valence-corrected chi connectivity index (χ4v) is 1.48. The van der Waals surface area contributed by atoms with Crippen molar-refractivity contribution in [3.63, 3.8) is 0 Å². The molecule has 110 valence electrons. The minimum atomic E-state index is -1.51. The van der Waals surface area contributed by atoms with Gasteiger partial charge in [-0.05, 0) is 6.07 Å². The maximum Gasteiger partial charge on any atom is 0.305 e. The van der Waals surface area contributed by atoms with Gasteiger partial charge in [0.2, 0.25) is 5.82 Å². The van der Waals surface area contributed by atoms with Gasteiger partial charge >= 0.3 is 5.69 Å². The number of hydrogen-bond acceptors (Lipinski definition) is 4. The third-order valence-corrected chi connectivity index (χ3v) is 2.40. The summed E-state index contributed by atoms with van der Waals surface area (Å²) in [4.78, 5) is 21.1. The molecule has 1 aromatic carbocycles. The Morgan fingerprint density at radius 2 is 2.10 bits per heavy atom. The topological polar surface area (TPSA) is 81.5 Å². The molecule has 0 spiro atoms. The van der Waals surface area contributed by atoms with Crippen molar-refractivity contribution in [3.8, 4) is 0 Å². The van der Waals surface area contributed by atoms with E-state index in [0.717, 1.165) is 0 Å². The Bertz CT molecular complexity index is 513. The Morgan fingerprint density at radius 1 is 1.40 bits per heavy atom. The summed E-state index contributed by atoms with van der Waals surface area (Å²) in [5.74, 6) is -3.48. The Hall–Kier alpha value is -1.80. The van der Waals surface area contributed by atoms with Crippen LogP contribution in [0.15, 0.2) is 12.1 Å². The zero-order chi connectivity index (χ0) is 15.1. The van der Waals surface area contributed by atoms with Gasteiger partial charge in [-0.25, -0.2) is 4.39 Å². The Labute approximate surface area is 117 Å². The van der Waals surface area contributed by atoms with Gasteiger partial charge in [0.1, 0.15) is 11.4 Å². The molecule has 0 bridgehead atoms. The molecular formula is C11H11ClF2N2O4. The van der Waals surface area contributed by atoms with E-state index in [0.29, 0.717) is 12.1 Å². The van der Waals surface area contributed by atoms with Crippen molar-refractivity contribution in [2.45, 2.75) is 0 Å². The van der Waals surface area contributed by atoms with Crippen LogP contribution in [-0.4, -0.2) is 36.5 Å². The summed E-state index contributed by atoms with van der Waals surface area (Å²) >= 11 is 5.35. The first-order chi connectivity index (χ1) is 9.49. The van der Waals surface area contributed by atoms with E-state index >= 15 is 0 Å². The molecule has 0 radical (unpaired) electrons. The SMILES string of the molecule is O=C(NCCOCCCl)c1c(F)ccc([N+](=O)[O-])c1F. The molecule has 9 heteroatoms. The summed E-state index contributed by atoms with van der Waals surface area (Å²) in [6, 6.07) is 1.32. The maximum atomic E-state index is 13.7. The summed E-state index contributed by atoms with van der Waals surface area (Å²) in [5, 5.41) is 12.7. The molecule has 0 atom stereocenters. The predicted molar refractivity (Wildman–Crippen MR) is 66.9 cm³/mol. The second-order valence-corrected chi connectivity index (χ2v) is 3.95. The molecule has 0 saturated heterocycles. The van der Waals surface area contributed by atoms with E-state index in [1.165, 1.54) is 0 Å². The molecular weight excluding hydrogens is 298 g/mol. The number of carbonyl (C=O) groups is 1. The fraction of sp³-hybridized carbons (Fsp3) is 0.364. The van der Waals surface area contributed by atoms with Crippen molar-refractivity contribution in [2.75, 3.05) is 25.6 Å². The number of ether oxygens (including phenoxy) is 1. The van der Waals surface area contributed by atoms with Gasteiger partial charge in [-0.3, -0.25) is 14.9 Å². The van der Waals surface area contributed by atoms with Gasteiger partial charge in [-0.1, -0.05) is 0 Å². The molecule has 0 heterocycles. The number of amides is 1. The lowest BCUT2D eigenvalue weighted by atomic mass is 10.1. The Kier molecular flexibility index (Phi) is 6.26. The van der Waals surface area contributed by atoms with Gasteiger partial charge in [0, 0.05) is 18.5 Å². The van der Waals surface area contributed by atoms with E-state index in [1.807, 2.05) is 0 Å². The average Bonchev–Trinajstić information content (AvgIpc) is 2.38.